The van der Waals surface area contributed by atoms with Crippen LogP contribution in [0.1, 0.15) is 0 Å². The number of nitrogens with two attached hydrogens (primary N) is 1. The third-order valence-corrected chi connectivity index (χ3v) is 1.60. The number of rotatable bonds is 0. The molecule has 1 aromatic rings. The van der Waals surface area contributed by atoms with Crippen LogP contribution in [-0.4, -0.2) is 23.1 Å². The number of aromatic nitrogens is 2. The van der Waals surface area contributed by atoms with Gasteiger partial charge in [-0.1, -0.05) is 0 Å². The van der Waals surface area contributed by atoms with Crippen molar-refractivity contribution in [2.45, 2.75) is 0 Å². The molecular weight excluding hydrogens is 142 g/mol. The number of hydrogen-bond donors (Lipinski definition) is 3. The van der Waals surface area contributed by atoms with E-state index in [0.29, 0.717) is 5.82 Å². The van der Waals surface area contributed by atoms with Crippen molar-refractivity contribution < 1.29 is 0 Å². The van der Waals surface area contributed by atoms with Crippen LogP contribution in [0.25, 0.3) is 0 Å². The van der Waals surface area contributed by atoms with Crippen molar-refractivity contribution in [2.24, 2.45) is 0 Å². The lowest BCUT2D eigenvalue weighted by molar-refractivity contribution is 1.00. The first-order valence-corrected chi connectivity index (χ1v) is 3.46. The Morgan fingerprint density at radius 1 is 1.27 bits per heavy atom. The summed E-state index contributed by atoms with van der Waals surface area (Å²) >= 11 is 0. The van der Waals surface area contributed by atoms with E-state index in [4.69, 9.17) is 5.73 Å². The van der Waals surface area contributed by atoms with Crippen molar-refractivity contribution in [1.82, 2.24) is 9.97 Å². The molecule has 11 heavy (non-hydrogen) atoms. The molecule has 0 unspecified atom stereocenters. The molecule has 0 aliphatic carbocycles. The Morgan fingerprint density at radius 3 is 2.91 bits per heavy atom. The normalized spacial score (nSPS) is 14.5. The van der Waals surface area contributed by atoms with E-state index >= 15 is 0 Å². The van der Waals surface area contributed by atoms with E-state index in [1.807, 2.05) is 0 Å². The first kappa shape index (κ1) is 6.21. The minimum atomic E-state index is 0.502. The van der Waals surface area contributed by atoms with Gasteiger partial charge in [0.25, 0.3) is 0 Å². The molecule has 5 nitrogen and oxygen atoms in total. The van der Waals surface area contributed by atoms with Gasteiger partial charge in [0.2, 0.25) is 0 Å². The highest BCUT2D eigenvalue weighted by Crippen LogP contribution is 2.25. The first-order valence-electron chi connectivity index (χ1n) is 3.46. The van der Waals surface area contributed by atoms with Gasteiger partial charge in [-0.15, -0.1) is 0 Å². The van der Waals surface area contributed by atoms with Gasteiger partial charge >= 0.3 is 0 Å². The maximum absolute atomic E-state index is 5.59. The van der Waals surface area contributed by atoms with Gasteiger partial charge in [0, 0.05) is 13.1 Å². The highest BCUT2D eigenvalue weighted by molar-refractivity contribution is 5.76. The molecule has 0 aromatic carbocycles. The van der Waals surface area contributed by atoms with E-state index in [1.54, 1.807) is 0 Å². The van der Waals surface area contributed by atoms with Crippen molar-refractivity contribution in [3.05, 3.63) is 6.33 Å². The summed E-state index contributed by atoms with van der Waals surface area (Å²) in [4.78, 5) is 7.87. The number of anilines is 3. The maximum atomic E-state index is 5.59. The molecule has 0 bridgehead atoms. The molecule has 0 spiro atoms. The van der Waals surface area contributed by atoms with Gasteiger partial charge < -0.3 is 16.4 Å². The second-order valence-electron chi connectivity index (χ2n) is 2.34. The summed E-state index contributed by atoms with van der Waals surface area (Å²) in [5, 5.41) is 6.23. The summed E-state index contributed by atoms with van der Waals surface area (Å²) in [6.07, 6.45) is 1.45. The van der Waals surface area contributed by atoms with Crippen molar-refractivity contribution in [1.29, 1.82) is 0 Å². The minimum absolute atomic E-state index is 0.502. The predicted molar refractivity (Wildman–Crippen MR) is 43.4 cm³/mol. The van der Waals surface area contributed by atoms with Crippen LogP contribution in [0.5, 0.6) is 0 Å². The third kappa shape index (κ3) is 0.938. The fourth-order valence-corrected chi connectivity index (χ4v) is 1.08. The molecule has 0 saturated carbocycles. The summed E-state index contributed by atoms with van der Waals surface area (Å²) in [5.41, 5.74) is 6.41. The molecule has 0 saturated heterocycles. The van der Waals surface area contributed by atoms with Crippen molar-refractivity contribution in [3.8, 4) is 0 Å². The number of fused-ring (bicyclic) bond motifs is 1. The van der Waals surface area contributed by atoms with Gasteiger partial charge in [-0.05, 0) is 0 Å². The average Bonchev–Trinajstić information content (AvgIpc) is 2.06. The molecule has 2 rings (SSSR count). The predicted octanol–water partition coefficient (Wildman–Crippen LogP) is -0.104. The van der Waals surface area contributed by atoms with Crippen molar-refractivity contribution in [2.75, 3.05) is 29.5 Å². The molecule has 0 amide bonds. The largest absolute Gasteiger partial charge is 0.382 e. The zero-order valence-electron chi connectivity index (χ0n) is 5.96. The van der Waals surface area contributed by atoms with Gasteiger partial charge in [0.1, 0.15) is 12.0 Å². The molecule has 1 aromatic heterocycles. The van der Waals surface area contributed by atoms with Crippen LogP contribution in [0.2, 0.25) is 0 Å². The lowest BCUT2D eigenvalue weighted by Gasteiger charge is -2.18. The highest BCUT2D eigenvalue weighted by Gasteiger charge is 2.11. The number of nitrogen functional groups attached to an aromatic ring is 1. The highest BCUT2D eigenvalue weighted by atomic mass is 15.1. The fraction of sp³-hybridized carbons (Fsp3) is 0.333. The molecule has 1 aliphatic rings. The summed E-state index contributed by atoms with van der Waals surface area (Å²) in [6.45, 7) is 1.74. The van der Waals surface area contributed by atoms with Gasteiger partial charge in [-0.25, -0.2) is 9.97 Å². The molecule has 58 valence electrons. The molecule has 0 atom stereocenters. The van der Waals surface area contributed by atoms with Gasteiger partial charge in [-0.3, -0.25) is 0 Å². The smallest absolute Gasteiger partial charge is 0.155 e. The number of nitrogens with zero attached hydrogens (tertiary/aromatic N) is 2. The van der Waals surface area contributed by atoms with Crippen LogP contribution in [0, 0.1) is 0 Å². The average molecular weight is 151 g/mol. The molecule has 1 aliphatic heterocycles. The Balaban J connectivity index is 2.49. The number of nitrogens with one attached hydrogen (secondary N) is 2. The molecule has 5 heteroatoms. The fourth-order valence-electron chi connectivity index (χ4n) is 1.08. The Kier molecular flexibility index (Phi) is 1.28. The van der Waals surface area contributed by atoms with Crippen LogP contribution in [0.15, 0.2) is 6.33 Å². The molecule has 0 fully saturated rings. The van der Waals surface area contributed by atoms with Crippen LogP contribution in [-0.2, 0) is 0 Å². The Bertz CT molecular complexity index is 272. The lowest BCUT2D eigenvalue weighted by Crippen LogP contribution is -2.22. The molecule has 2 heterocycles. The molecule has 4 N–H and O–H groups in total. The van der Waals surface area contributed by atoms with Crippen LogP contribution >= 0.6 is 0 Å². The van der Waals surface area contributed by atoms with Crippen LogP contribution in [0.4, 0.5) is 17.3 Å². The lowest BCUT2D eigenvalue weighted by atomic mass is 10.3. The summed E-state index contributed by atoms with van der Waals surface area (Å²) < 4.78 is 0. The summed E-state index contributed by atoms with van der Waals surface area (Å²) in [7, 11) is 0. The zero-order chi connectivity index (χ0) is 7.68. The number of hydrogen-bond acceptors (Lipinski definition) is 5. The Hall–Kier alpha value is -1.52. The SMILES string of the molecule is Nc1ncnc2c1NCCN2. The van der Waals surface area contributed by atoms with E-state index in [0.717, 1.165) is 24.6 Å². The maximum Gasteiger partial charge on any atom is 0.155 e. The van der Waals surface area contributed by atoms with E-state index in [9.17, 15) is 0 Å². The Labute approximate surface area is 64.0 Å². The second-order valence-corrected chi connectivity index (χ2v) is 2.34. The summed E-state index contributed by atoms with van der Waals surface area (Å²) in [5.74, 6) is 1.30. The molecular formula is C6H9N5. The van der Waals surface area contributed by atoms with E-state index in [-0.39, 0.29) is 0 Å². The van der Waals surface area contributed by atoms with Crippen molar-refractivity contribution >= 4 is 17.3 Å². The van der Waals surface area contributed by atoms with Crippen LogP contribution in [0.3, 0.4) is 0 Å². The monoisotopic (exact) mass is 151 g/mol. The zero-order valence-corrected chi connectivity index (χ0v) is 5.96. The van der Waals surface area contributed by atoms with Gasteiger partial charge in [0.15, 0.2) is 11.6 Å². The Morgan fingerprint density at radius 2 is 2.09 bits per heavy atom. The first-order chi connectivity index (χ1) is 5.38. The second kappa shape index (κ2) is 2.26. The van der Waals surface area contributed by atoms with Crippen LogP contribution < -0.4 is 16.4 Å². The summed E-state index contributed by atoms with van der Waals surface area (Å²) in [6, 6.07) is 0. The van der Waals surface area contributed by atoms with Gasteiger partial charge in [0.05, 0.1) is 0 Å². The standard InChI is InChI=1S/C6H9N5/c7-5-4-6(11-3-10-5)9-2-1-8-4/h3,8H,1-2H2,(H3,7,9,10,11). The van der Waals surface area contributed by atoms with E-state index < -0.39 is 0 Å². The minimum Gasteiger partial charge on any atom is -0.382 e. The van der Waals surface area contributed by atoms with E-state index in [1.165, 1.54) is 6.33 Å². The third-order valence-electron chi connectivity index (χ3n) is 1.60. The van der Waals surface area contributed by atoms with Gasteiger partial charge in [-0.2, -0.15) is 0 Å². The molecule has 0 radical (unpaired) electrons. The van der Waals surface area contributed by atoms with Crippen molar-refractivity contribution in [3.63, 3.8) is 0 Å². The van der Waals surface area contributed by atoms with E-state index in [2.05, 4.69) is 20.6 Å². The quantitative estimate of drug-likeness (QED) is 0.482. The topological polar surface area (TPSA) is 75.9 Å².